The molecule has 3 rings (SSSR count). The fourth-order valence-corrected chi connectivity index (χ4v) is 4.93. The lowest BCUT2D eigenvalue weighted by molar-refractivity contribution is 0.0730. The molecule has 134 valence electrons. The molecule has 1 aromatic carbocycles. The standard InChI is InChI=1S/C17H20N2O4S2/c1-13-4-5-14(17(20)18-12-15-3-2-10-24-15)11-16(13)25(21,22)19-6-8-23-9-7-19/h2-5,10-11H,6-9,12H2,1H3,(H,18,20). The Morgan fingerprint density at radius 1 is 1.28 bits per heavy atom. The van der Waals surface area contributed by atoms with Gasteiger partial charge in [-0.2, -0.15) is 4.31 Å². The molecule has 1 saturated heterocycles. The fourth-order valence-electron chi connectivity index (χ4n) is 2.63. The molecule has 0 radical (unpaired) electrons. The number of thiophene rings is 1. The number of ether oxygens (including phenoxy) is 1. The minimum atomic E-state index is -3.63. The van der Waals surface area contributed by atoms with E-state index in [1.807, 2.05) is 17.5 Å². The summed E-state index contributed by atoms with van der Waals surface area (Å²) in [6.45, 7) is 3.60. The van der Waals surface area contributed by atoms with Crippen LogP contribution in [0.2, 0.25) is 0 Å². The van der Waals surface area contributed by atoms with E-state index in [1.54, 1.807) is 30.4 Å². The van der Waals surface area contributed by atoms with Crippen LogP contribution in [0.15, 0.2) is 40.6 Å². The topological polar surface area (TPSA) is 75.7 Å². The van der Waals surface area contributed by atoms with E-state index in [-0.39, 0.29) is 10.8 Å². The summed E-state index contributed by atoms with van der Waals surface area (Å²) in [7, 11) is -3.63. The Kier molecular flexibility index (Phi) is 5.53. The number of benzene rings is 1. The van der Waals surface area contributed by atoms with Crippen molar-refractivity contribution in [2.75, 3.05) is 26.3 Å². The van der Waals surface area contributed by atoms with Crippen molar-refractivity contribution in [2.24, 2.45) is 0 Å². The van der Waals surface area contributed by atoms with Crippen LogP contribution in [-0.2, 0) is 21.3 Å². The second kappa shape index (κ2) is 7.65. The molecule has 2 aromatic rings. The number of rotatable bonds is 5. The number of sulfonamides is 1. The summed E-state index contributed by atoms with van der Waals surface area (Å²) in [6, 6.07) is 8.65. The second-order valence-corrected chi connectivity index (χ2v) is 8.70. The van der Waals surface area contributed by atoms with Crippen molar-refractivity contribution in [3.05, 3.63) is 51.7 Å². The zero-order chi connectivity index (χ0) is 17.9. The summed E-state index contributed by atoms with van der Waals surface area (Å²) in [5, 5.41) is 4.77. The van der Waals surface area contributed by atoms with Crippen LogP contribution in [0.25, 0.3) is 0 Å². The van der Waals surface area contributed by atoms with Gasteiger partial charge in [0, 0.05) is 23.5 Å². The molecule has 1 fully saturated rings. The van der Waals surface area contributed by atoms with Crippen LogP contribution in [0.4, 0.5) is 0 Å². The molecule has 0 saturated carbocycles. The van der Waals surface area contributed by atoms with Crippen LogP contribution < -0.4 is 5.32 Å². The number of carbonyl (C=O) groups excluding carboxylic acids is 1. The third-order valence-electron chi connectivity index (χ3n) is 4.04. The predicted octanol–water partition coefficient (Wildman–Crippen LogP) is 2.01. The first-order chi connectivity index (χ1) is 12.0. The lowest BCUT2D eigenvalue weighted by Crippen LogP contribution is -2.40. The lowest BCUT2D eigenvalue weighted by atomic mass is 10.1. The molecule has 1 N–H and O–H groups in total. The second-order valence-electron chi connectivity index (χ2n) is 5.76. The van der Waals surface area contributed by atoms with Crippen molar-refractivity contribution < 1.29 is 17.9 Å². The fraction of sp³-hybridized carbons (Fsp3) is 0.353. The number of amides is 1. The van der Waals surface area contributed by atoms with E-state index in [0.29, 0.717) is 44.0 Å². The number of hydrogen-bond acceptors (Lipinski definition) is 5. The quantitative estimate of drug-likeness (QED) is 0.861. The average molecular weight is 380 g/mol. The summed E-state index contributed by atoms with van der Waals surface area (Å²) in [4.78, 5) is 13.6. The molecule has 0 bridgehead atoms. The number of nitrogens with zero attached hydrogens (tertiary/aromatic N) is 1. The van der Waals surface area contributed by atoms with Gasteiger partial charge in [-0.05, 0) is 36.1 Å². The minimum Gasteiger partial charge on any atom is -0.379 e. The summed E-state index contributed by atoms with van der Waals surface area (Å²) in [5.74, 6) is -0.285. The highest BCUT2D eigenvalue weighted by molar-refractivity contribution is 7.89. The van der Waals surface area contributed by atoms with E-state index in [1.165, 1.54) is 10.4 Å². The average Bonchev–Trinajstić information content (AvgIpc) is 3.14. The maximum atomic E-state index is 12.9. The van der Waals surface area contributed by atoms with E-state index >= 15 is 0 Å². The van der Waals surface area contributed by atoms with Gasteiger partial charge in [0.1, 0.15) is 0 Å². The number of hydrogen-bond donors (Lipinski definition) is 1. The molecule has 0 unspecified atom stereocenters. The molecule has 2 heterocycles. The number of morpholine rings is 1. The molecule has 0 atom stereocenters. The molecule has 0 spiro atoms. The highest BCUT2D eigenvalue weighted by Crippen LogP contribution is 2.22. The van der Waals surface area contributed by atoms with Crippen molar-refractivity contribution >= 4 is 27.3 Å². The molecule has 1 aromatic heterocycles. The minimum absolute atomic E-state index is 0.179. The van der Waals surface area contributed by atoms with Crippen LogP contribution in [0, 0.1) is 6.92 Å². The van der Waals surface area contributed by atoms with Crippen LogP contribution in [0.3, 0.4) is 0 Å². The SMILES string of the molecule is Cc1ccc(C(=O)NCc2cccs2)cc1S(=O)(=O)N1CCOCC1. The highest BCUT2D eigenvalue weighted by Gasteiger charge is 2.28. The van der Waals surface area contributed by atoms with Gasteiger partial charge >= 0.3 is 0 Å². The van der Waals surface area contributed by atoms with Crippen LogP contribution in [0.1, 0.15) is 20.8 Å². The predicted molar refractivity (Wildman–Crippen MR) is 96.2 cm³/mol. The summed E-state index contributed by atoms with van der Waals surface area (Å²) in [6.07, 6.45) is 0. The molecule has 0 aliphatic carbocycles. The summed E-state index contributed by atoms with van der Waals surface area (Å²) in [5.41, 5.74) is 0.968. The number of aryl methyl sites for hydroxylation is 1. The number of nitrogens with one attached hydrogen (secondary N) is 1. The number of carbonyl (C=O) groups is 1. The van der Waals surface area contributed by atoms with E-state index < -0.39 is 10.0 Å². The van der Waals surface area contributed by atoms with Gasteiger partial charge in [0.2, 0.25) is 10.0 Å². The van der Waals surface area contributed by atoms with Crippen LogP contribution in [0.5, 0.6) is 0 Å². The van der Waals surface area contributed by atoms with Crippen molar-refractivity contribution in [3.8, 4) is 0 Å². The maximum absolute atomic E-state index is 12.9. The summed E-state index contributed by atoms with van der Waals surface area (Å²) >= 11 is 1.56. The van der Waals surface area contributed by atoms with Gasteiger partial charge in [0.05, 0.1) is 24.7 Å². The molecular formula is C17H20N2O4S2. The highest BCUT2D eigenvalue weighted by atomic mass is 32.2. The van der Waals surface area contributed by atoms with Gasteiger partial charge in [0.15, 0.2) is 0 Å². The normalized spacial score (nSPS) is 15.9. The van der Waals surface area contributed by atoms with E-state index in [0.717, 1.165) is 4.88 Å². The first-order valence-corrected chi connectivity index (χ1v) is 10.3. The van der Waals surface area contributed by atoms with Crippen molar-refractivity contribution in [2.45, 2.75) is 18.4 Å². The molecule has 1 amide bonds. The monoisotopic (exact) mass is 380 g/mol. The van der Waals surface area contributed by atoms with Gasteiger partial charge in [-0.25, -0.2) is 8.42 Å². The van der Waals surface area contributed by atoms with Gasteiger partial charge in [-0.3, -0.25) is 4.79 Å². The Morgan fingerprint density at radius 3 is 2.72 bits per heavy atom. The van der Waals surface area contributed by atoms with Crippen LogP contribution in [-0.4, -0.2) is 44.9 Å². The molecule has 25 heavy (non-hydrogen) atoms. The Bertz CT molecular complexity index is 842. The Morgan fingerprint density at radius 2 is 2.04 bits per heavy atom. The first kappa shape index (κ1) is 18.1. The van der Waals surface area contributed by atoms with E-state index in [4.69, 9.17) is 4.74 Å². The van der Waals surface area contributed by atoms with Gasteiger partial charge in [-0.1, -0.05) is 12.1 Å². The maximum Gasteiger partial charge on any atom is 0.251 e. The Hall–Kier alpha value is -1.74. The van der Waals surface area contributed by atoms with Crippen molar-refractivity contribution in [1.82, 2.24) is 9.62 Å². The van der Waals surface area contributed by atoms with E-state index in [2.05, 4.69) is 5.32 Å². The van der Waals surface area contributed by atoms with Crippen molar-refractivity contribution in [1.29, 1.82) is 0 Å². The zero-order valence-corrected chi connectivity index (χ0v) is 15.5. The third kappa shape index (κ3) is 4.09. The first-order valence-electron chi connectivity index (χ1n) is 7.97. The smallest absolute Gasteiger partial charge is 0.251 e. The third-order valence-corrected chi connectivity index (χ3v) is 6.96. The molecule has 1 aliphatic rings. The Labute approximate surface area is 151 Å². The zero-order valence-electron chi connectivity index (χ0n) is 13.9. The van der Waals surface area contributed by atoms with Gasteiger partial charge in [0.25, 0.3) is 5.91 Å². The van der Waals surface area contributed by atoms with E-state index in [9.17, 15) is 13.2 Å². The Balaban J connectivity index is 1.81. The van der Waals surface area contributed by atoms with Gasteiger partial charge in [-0.15, -0.1) is 11.3 Å². The lowest BCUT2D eigenvalue weighted by Gasteiger charge is -2.26. The largest absolute Gasteiger partial charge is 0.379 e. The molecular weight excluding hydrogens is 360 g/mol. The van der Waals surface area contributed by atoms with Crippen LogP contribution >= 0.6 is 11.3 Å². The summed E-state index contributed by atoms with van der Waals surface area (Å²) < 4.78 is 32.4. The molecule has 8 heteroatoms. The van der Waals surface area contributed by atoms with Gasteiger partial charge < -0.3 is 10.1 Å². The molecule has 6 nitrogen and oxygen atoms in total. The van der Waals surface area contributed by atoms with Crippen molar-refractivity contribution in [3.63, 3.8) is 0 Å². The molecule has 1 aliphatic heterocycles.